The van der Waals surface area contributed by atoms with E-state index in [-0.39, 0.29) is 6.61 Å². The van der Waals surface area contributed by atoms with E-state index in [1.54, 1.807) is 13.3 Å². The molecule has 0 radical (unpaired) electrons. The summed E-state index contributed by atoms with van der Waals surface area (Å²) in [5.74, 6) is 0.532. The Labute approximate surface area is 115 Å². The smallest absolute Gasteiger partial charge is 0.213 e. The molecule has 1 aromatic heterocycles. The van der Waals surface area contributed by atoms with Crippen molar-refractivity contribution >= 4 is 0 Å². The molecule has 5 nitrogen and oxygen atoms in total. The van der Waals surface area contributed by atoms with Crippen molar-refractivity contribution in [2.24, 2.45) is 0 Å². The van der Waals surface area contributed by atoms with Crippen molar-refractivity contribution in [3.05, 3.63) is 23.9 Å². The lowest BCUT2D eigenvalue weighted by Gasteiger charge is -2.14. The third kappa shape index (κ3) is 7.10. The number of nitrogens with zero attached hydrogens (tertiary/aromatic N) is 1. The predicted molar refractivity (Wildman–Crippen MR) is 74.5 cm³/mol. The first-order valence-corrected chi connectivity index (χ1v) is 6.60. The van der Waals surface area contributed by atoms with Gasteiger partial charge >= 0.3 is 0 Å². The molecule has 1 atom stereocenters. The van der Waals surface area contributed by atoms with Gasteiger partial charge in [0.05, 0.1) is 6.61 Å². The summed E-state index contributed by atoms with van der Waals surface area (Å²) in [6.07, 6.45) is 2.08. The van der Waals surface area contributed by atoms with Gasteiger partial charge in [0.2, 0.25) is 5.88 Å². The first-order valence-electron chi connectivity index (χ1n) is 6.60. The van der Waals surface area contributed by atoms with Crippen LogP contribution in [0.15, 0.2) is 18.3 Å². The molecule has 0 saturated carbocycles. The van der Waals surface area contributed by atoms with E-state index >= 15 is 0 Å². The highest BCUT2D eigenvalue weighted by atomic mass is 16.5. The van der Waals surface area contributed by atoms with Gasteiger partial charge in [0, 0.05) is 32.0 Å². The molecule has 0 amide bonds. The van der Waals surface area contributed by atoms with Gasteiger partial charge in [-0.05, 0) is 12.0 Å². The lowest BCUT2D eigenvalue weighted by Crippen LogP contribution is -2.35. The molecule has 0 aliphatic heterocycles. The van der Waals surface area contributed by atoms with Crippen LogP contribution in [0.3, 0.4) is 0 Å². The molecule has 1 heterocycles. The summed E-state index contributed by atoms with van der Waals surface area (Å²) >= 11 is 0. The van der Waals surface area contributed by atoms with Gasteiger partial charge in [-0.2, -0.15) is 0 Å². The molecule has 0 saturated heterocycles. The molecule has 1 unspecified atom stereocenters. The van der Waals surface area contributed by atoms with E-state index in [1.807, 2.05) is 26.0 Å². The van der Waals surface area contributed by atoms with E-state index in [4.69, 9.17) is 9.47 Å². The van der Waals surface area contributed by atoms with Gasteiger partial charge in [-0.25, -0.2) is 4.98 Å². The molecular weight excluding hydrogens is 244 g/mol. The molecule has 0 bridgehead atoms. The number of methoxy groups -OCH3 is 1. The van der Waals surface area contributed by atoms with Crippen LogP contribution in [0.5, 0.6) is 5.88 Å². The first kappa shape index (κ1) is 15.9. The molecule has 0 fully saturated rings. The number of hydrogen-bond donors (Lipinski definition) is 2. The Morgan fingerprint density at radius 3 is 2.74 bits per heavy atom. The minimum absolute atomic E-state index is 0.240. The monoisotopic (exact) mass is 268 g/mol. The van der Waals surface area contributed by atoms with E-state index < -0.39 is 6.10 Å². The number of pyridine rings is 1. The Bertz CT molecular complexity index is 341. The number of aliphatic hydroxyl groups is 1. The minimum Gasteiger partial charge on any atom is -0.475 e. The van der Waals surface area contributed by atoms with Crippen LogP contribution in [-0.4, -0.2) is 49.1 Å². The van der Waals surface area contributed by atoms with Crippen molar-refractivity contribution in [3.8, 4) is 5.88 Å². The van der Waals surface area contributed by atoms with Gasteiger partial charge < -0.3 is 19.9 Å². The number of rotatable bonds is 9. The zero-order chi connectivity index (χ0) is 14.1. The Balaban J connectivity index is 2.29. The van der Waals surface area contributed by atoms with Crippen LogP contribution in [0.2, 0.25) is 0 Å². The second-order valence-electron chi connectivity index (χ2n) is 4.78. The van der Waals surface area contributed by atoms with Gasteiger partial charge in [-0.15, -0.1) is 0 Å². The number of aromatic nitrogens is 1. The highest BCUT2D eigenvalue weighted by Crippen LogP contribution is 2.08. The molecule has 5 heteroatoms. The third-order valence-electron chi connectivity index (χ3n) is 2.58. The summed E-state index contributed by atoms with van der Waals surface area (Å²) < 4.78 is 10.4. The zero-order valence-corrected chi connectivity index (χ0v) is 11.9. The lowest BCUT2D eigenvalue weighted by molar-refractivity contribution is 0.102. The van der Waals surface area contributed by atoms with Crippen molar-refractivity contribution in [2.45, 2.75) is 32.4 Å². The van der Waals surface area contributed by atoms with Crippen molar-refractivity contribution in [1.82, 2.24) is 10.3 Å². The molecule has 0 aliphatic rings. The van der Waals surface area contributed by atoms with E-state index in [0.29, 0.717) is 25.1 Å². The molecular formula is C14H24N2O3. The van der Waals surface area contributed by atoms with Crippen LogP contribution in [-0.2, 0) is 11.2 Å². The average Bonchev–Trinajstić information content (AvgIpc) is 2.41. The Hall–Kier alpha value is -1.17. The number of ether oxygens (including phenoxy) is 2. The maximum atomic E-state index is 9.70. The van der Waals surface area contributed by atoms with Crippen molar-refractivity contribution in [1.29, 1.82) is 0 Å². The Morgan fingerprint density at radius 1 is 1.37 bits per heavy atom. The molecule has 1 aromatic rings. The second kappa shape index (κ2) is 8.85. The maximum absolute atomic E-state index is 9.70. The van der Waals surface area contributed by atoms with Crippen LogP contribution < -0.4 is 10.1 Å². The van der Waals surface area contributed by atoms with Crippen LogP contribution >= 0.6 is 0 Å². The van der Waals surface area contributed by atoms with Crippen molar-refractivity contribution in [3.63, 3.8) is 0 Å². The predicted octanol–water partition coefficient (Wildman–Crippen LogP) is 1.01. The minimum atomic E-state index is -0.530. The van der Waals surface area contributed by atoms with E-state index in [1.165, 1.54) is 0 Å². The third-order valence-corrected chi connectivity index (χ3v) is 2.58. The SMILES string of the molecule is COCCc1ccc(OCC(O)CNC(C)C)nc1. The normalized spacial score (nSPS) is 12.7. The standard InChI is InChI=1S/C14H24N2O3/c1-11(2)15-9-13(17)10-19-14-5-4-12(8-16-14)6-7-18-3/h4-5,8,11,13,15,17H,6-7,9-10H2,1-3H3. The maximum Gasteiger partial charge on any atom is 0.213 e. The lowest BCUT2D eigenvalue weighted by atomic mass is 10.2. The fourth-order valence-corrected chi connectivity index (χ4v) is 1.48. The average molecular weight is 268 g/mol. The van der Waals surface area contributed by atoms with Gasteiger partial charge in [-0.3, -0.25) is 0 Å². The second-order valence-corrected chi connectivity index (χ2v) is 4.78. The van der Waals surface area contributed by atoms with Crippen LogP contribution in [0.1, 0.15) is 19.4 Å². The van der Waals surface area contributed by atoms with E-state index in [2.05, 4.69) is 10.3 Å². The molecule has 0 aromatic carbocycles. The summed E-state index contributed by atoms with van der Waals surface area (Å²) in [6, 6.07) is 4.13. The Morgan fingerprint density at radius 2 is 2.16 bits per heavy atom. The number of nitrogens with one attached hydrogen (secondary N) is 1. The summed E-state index contributed by atoms with van der Waals surface area (Å²) in [5, 5.41) is 12.8. The van der Waals surface area contributed by atoms with Gasteiger partial charge in [-0.1, -0.05) is 19.9 Å². The highest BCUT2D eigenvalue weighted by Gasteiger charge is 2.06. The molecule has 2 N–H and O–H groups in total. The zero-order valence-electron chi connectivity index (χ0n) is 11.9. The summed E-state index contributed by atoms with van der Waals surface area (Å²) in [7, 11) is 1.68. The first-order chi connectivity index (χ1) is 9.11. The molecule has 1 rings (SSSR count). The van der Waals surface area contributed by atoms with Crippen LogP contribution in [0.25, 0.3) is 0 Å². The van der Waals surface area contributed by atoms with Gasteiger partial charge in [0.15, 0.2) is 0 Å². The number of hydrogen-bond acceptors (Lipinski definition) is 5. The fourth-order valence-electron chi connectivity index (χ4n) is 1.48. The molecule has 0 spiro atoms. The summed E-state index contributed by atoms with van der Waals surface area (Å²) in [4.78, 5) is 4.19. The van der Waals surface area contributed by atoms with Crippen LogP contribution in [0, 0.1) is 0 Å². The van der Waals surface area contributed by atoms with E-state index in [0.717, 1.165) is 12.0 Å². The molecule has 108 valence electrons. The van der Waals surface area contributed by atoms with Crippen molar-refractivity contribution < 1.29 is 14.6 Å². The number of aliphatic hydroxyl groups excluding tert-OH is 1. The summed E-state index contributed by atoms with van der Waals surface area (Å²) in [6.45, 7) is 5.51. The molecule has 0 aliphatic carbocycles. The van der Waals surface area contributed by atoms with E-state index in [9.17, 15) is 5.11 Å². The topological polar surface area (TPSA) is 63.6 Å². The molecule has 19 heavy (non-hydrogen) atoms. The van der Waals surface area contributed by atoms with Gasteiger partial charge in [0.25, 0.3) is 0 Å². The quantitative estimate of drug-likeness (QED) is 0.700. The van der Waals surface area contributed by atoms with Crippen molar-refractivity contribution in [2.75, 3.05) is 26.9 Å². The largest absolute Gasteiger partial charge is 0.475 e. The fraction of sp³-hybridized carbons (Fsp3) is 0.643. The van der Waals surface area contributed by atoms with Gasteiger partial charge in [0.1, 0.15) is 12.7 Å². The van der Waals surface area contributed by atoms with Crippen LogP contribution in [0.4, 0.5) is 0 Å². The summed E-state index contributed by atoms with van der Waals surface area (Å²) in [5.41, 5.74) is 1.11. The highest BCUT2D eigenvalue weighted by molar-refractivity contribution is 5.17. The Kier molecular flexibility index (Phi) is 7.40.